The van der Waals surface area contributed by atoms with Crippen molar-refractivity contribution in [1.29, 1.82) is 0 Å². The SMILES string of the molecule is Cc1ccc(C(=O)NC(C)(CN)CC(C)C)cc1F. The molecule has 1 unspecified atom stereocenters. The van der Waals surface area contributed by atoms with Crippen LogP contribution >= 0.6 is 0 Å². The molecule has 106 valence electrons. The molecule has 1 aromatic carbocycles. The van der Waals surface area contributed by atoms with Crippen LogP contribution in [0.15, 0.2) is 18.2 Å². The van der Waals surface area contributed by atoms with Gasteiger partial charge in [0.05, 0.1) is 0 Å². The lowest BCUT2D eigenvalue weighted by Crippen LogP contribution is -2.52. The molecular formula is C15H23FN2O. The van der Waals surface area contributed by atoms with Gasteiger partial charge in [0.1, 0.15) is 5.82 Å². The van der Waals surface area contributed by atoms with Crippen LogP contribution in [0.4, 0.5) is 4.39 Å². The molecule has 1 rings (SSSR count). The number of hydrogen-bond donors (Lipinski definition) is 2. The molecule has 4 heteroatoms. The highest BCUT2D eigenvalue weighted by atomic mass is 19.1. The Balaban J connectivity index is 2.85. The second-order valence-corrected chi connectivity index (χ2v) is 5.78. The number of nitrogens with one attached hydrogen (secondary N) is 1. The molecule has 19 heavy (non-hydrogen) atoms. The van der Waals surface area contributed by atoms with E-state index in [1.165, 1.54) is 6.07 Å². The summed E-state index contributed by atoms with van der Waals surface area (Å²) in [6, 6.07) is 4.49. The monoisotopic (exact) mass is 266 g/mol. The molecule has 0 radical (unpaired) electrons. The molecule has 0 heterocycles. The van der Waals surface area contributed by atoms with Gasteiger partial charge in [-0.05, 0) is 43.9 Å². The molecule has 0 aliphatic carbocycles. The minimum atomic E-state index is -0.466. The zero-order valence-corrected chi connectivity index (χ0v) is 12.1. The quantitative estimate of drug-likeness (QED) is 0.860. The Kier molecular flexibility index (Phi) is 5.06. The van der Waals surface area contributed by atoms with Gasteiger partial charge in [0.2, 0.25) is 0 Å². The lowest BCUT2D eigenvalue weighted by molar-refractivity contribution is 0.0898. The van der Waals surface area contributed by atoms with Gasteiger partial charge in [0, 0.05) is 17.6 Å². The van der Waals surface area contributed by atoms with Crippen LogP contribution in [0.25, 0.3) is 0 Å². The number of hydrogen-bond acceptors (Lipinski definition) is 2. The standard InChI is InChI=1S/C15H23FN2O/c1-10(2)8-15(4,9-17)18-14(19)12-6-5-11(3)13(16)7-12/h5-7,10H,8-9,17H2,1-4H3,(H,18,19). The zero-order valence-electron chi connectivity index (χ0n) is 12.1. The third-order valence-corrected chi connectivity index (χ3v) is 3.16. The van der Waals surface area contributed by atoms with Crippen molar-refractivity contribution in [2.45, 2.75) is 39.7 Å². The maximum atomic E-state index is 13.5. The second-order valence-electron chi connectivity index (χ2n) is 5.78. The third kappa shape index (κ3) is 4.31. The summed E-state index contributed by atoms with van der Waals surface area (Å²) >= 11 is 0. The summed E-state index contributed by atoms with van der Waals surface area (Å²) < 4.78 is 13.5. The van der Waals surface area contributed by atoms with Crippen LogP contribution in [0.5, 0.6) is 0 Å². The van der Waals surface area contributed by atoms with Crippen molar-refractivity contribution in [3.8, 4) is 0 Å². The van der Waals surface area contributed by atoms with Crippen LogP contribution in [0.2, 0.25) is 0 Å². The third-order valence-electron chi connectivity index (χ3n) is 3.16. The summed E-state index contributed by atoms with van der Waals surface area (Å²) in [5.41, 5.74) is 6.13. The van der Waals surface area contributed by atoms with Crippen molar-refractivity contribution >= 4 is 5.91 Å². The highest BCUT2D eigenvalue weighted by Gasteiger charge is 2.26. The largest absolute Gasteiger partial charge is 0.346 e. The first-order valence-electron chi connectivity index (χ1n) is 6.56. The lowest BCUT2D eigenvalue weighted by atomic mass is 9.90. The molecule has 3 N–H and O–H groups in total. The van der Waals surface area contributed by atoms with Gasteiger partial charge in [-0.1, -0.05) is 19.9 Å². The summed E-state index contributed by atoms with van der Waals surface area (Å²) in [4.78, 5) is 12.1. The average molecular weight is 266 g/mol. The molecule has 1 atom stereocenters. The van der Waals surface area contributed by atoms with E-state index in [1.807, 2.05) is 6.92 Å². The highest BCUT2D eigenvalue weighted by molar-refractivity contribution is 5.94. The van der Waals surface area contributed by atoms with Crippen molar-refractivity contribution in [1.82, 2.24) is 5.32 Å². The summed E-state index contributed by atoms with van der Waals surface area (Å²) in [7, 11) is 0. The van der Waals surface area contributed by atoms with Gasteiger partial charge in [-0.3, -0.25) is 4.79 Å². The van der Waals surface area contributed by atoms with E-state index in [9.17, 15) is 9.18 Å². The first kappa shape index (κ1) is 15.6. The molecule has 0 saturated carbocycles. The lowest BCUT2D eigenvalue weighted by Gasteiger charge is -2.31. The fourth-order valence-corrected chi connectivity index (χ4v) is 2.17. The Hall–Kier alpha value is -1.42. The minimum absolute atomic E-state index is 0.285. The van der Waals surface area contributed by atoms with E-state index < -0.39 is 5.54 Å². The summed E-state index contributed by atoms with van der Waals surface area (Å²) in [5, 5.41) is 2.91. The van der Waals surface area contributed by atoms with Crippen LogP contribution in [0, 0.1) is 18.7 Å². The predicted octanol–water partition coefficient (Wildman–Crippen LogP) is 2.63. The Bertz CT molecular complexity index is 459. The Morgan fingerprint density at radius 3 is 2.58 bits per heavy atom. The molecule has 3 nitrogen and oxygen atoms in total. The molecule has 0 spiro atoms. The minimum Gasteiger partial charge on any atom is -0.346 e. The molecule has 0 bridgehead atoms. The Morgan fingerprint density at radius 1 is 1.47 bits per heavy atom. The Morgan fingerprint density at radius 2 is 2.11 bits per heavy atom. The number of benzene rings is 1. The van der Waals surface area contributed by atoms with Crippen LogP contribution in [-0.4, -0.2) is 18.0 Å². The fourth-order valence-electron chi connectivity index (χ4n) is 2.17. The number of nitrogens with two attached hydrogens (primary N) is 1. The van der Waals surface area contributed by atoms with Crippen molar-refractivity contribution in [2.75, 3.05) is 6.54 Å². The van der Waals surface area contributed by atoms with Crippen molar-refractivity contribution in [3.63, 3.8) is 0 Å². The van der Waals surface area contributed by atoms with Crippen LogP contribution in [0.3, 0.4) is 0 Å². The molecule has 1 amide bonds. The predicted molar refractivity (Wildman–Crippen MR) is 75.5 cm³/mol. The summed E-state index contributed by atoms with van der Waals surface area (Å²) in [6.45, 7) is 8.08. The fraction of sp³-hybridized carbons (Fsp3) is 0.533. The van der Waals surface area contributed by atoms with Gasteiger partial charge in [0.25, 0.3) is 5.91 Å². The number of halogens is 1. The van der Waals surface area contributed by atoms with E-state index in [0.29, 0.717) is 23.6 Å². The number of amides is 1. The maximum absolute atomic E-state index is 13.5. The van der Waals surface area contributed by atoms with Crippen LogP contribution in [-0.2, 0) is 0 Å². The van der Waals surface area contributed by atoms with E-state index in [-0.39, 0.29) is 11.7 Å². The van der Waals surface area contributed by atoms with Gasteiger partial charge in [-0.25, -0.2) is 4.39 Å². The topological polar surface area (TPSA) is 55.1 Å². The average Bonchev–Trinajstić information content (AvgIpc) is 2.31. The second kappa shape index (κ2) is 6.15. The van der Waals surface area contributed by atoms with Crippen LogP contribution < -0.4 is 11.1 Å². The first-order chi connectivity index (χ1) is 8.77. The highest BCUT2D eigenvalue weighted by Crippen LogP contribution is 2.17. The Labute approximate surface area is 114 Å². The number of aryl methyl sites for hydroxylation is 1. The van der Waals surface area contributed by atoms with E-state index in [0.717, 1.165) is 6.42 Å². The number of carbonyl (C=O) groups is 1. The summed E-state index contributed by atoms with van der Waals surface area (Å²) in [6.07, 6.45) is 0.781. The maximum Gasteiger partial charge on any atom is 0.251 e. The number of rotatable bonds is 5. The molecule has 0 aliphatic heterocycles. The van der Waals surface area contributed by atoms with E-state index in [2.05, 4.69) is 19.2 Å². The smallest absolute Gasteiger partial charge is 0.251 e. The van der Waals surface area contributed by atoms with E-state index >= 15 is 0 Å². The molecule has 0 fully saturated rings. The van der Waals surface area contributed by atoms with E-state index in [4.69, 9.17) is 5.73 Å². The van der Waals surface area contributed by atoms with Gasteiger partial charge in [-0.2, -0.15) is 0 Å². The molecule has 0 aliphatic rings. The van der Waals surface area contributed by atoms with Gasteiger partial charge < -0.3 is 11.1 Å². The molecule has 1 aromatic rings. The van der Waals surface area contributed by atoms with E-state index in [1.54, 1.807) is 19.1 Å². The van der Waals surface area contributed by atoms with Crippen LogP contribution in [0.1, 0.15) is 43.1 Å². The van der Waals surface area contributed by atoms with Gasteiger partial charge in [0.15, 0.2) is 0 Å². The zero-order chi connectivity index (χ0) is 14.6. The summed E-state index contributed by atoms with van der Waals surface area (Å²) in [5.74, 6) is -0.234. The van der Waals surface area contributed by atoms with Crippen molar-refractivity contribution in [2.24, 2.45) is 11.7 Å². The number of carbonyl (C=O) groups excluding carboxylic acids is 1. The molecule has 0 aromatic heterocycles. The first-order valence-corrected chi connectivity index (χ1v) is 6.56. The van der Waals surface area contributed by atoms with Gasteiger partial charge >= 0.3 is 0 Å². The molecule has 0 saturated heterocycles. The normalized spacial score (nSPS) is 14.3. The van der Waals surface area contributed by atoms with Crippen molar-refractivity contribution < 1.29 is 9.18 Å². The molecular weight excluding hydrogens is 243 g/mol. The van der Waals surface area contributed by atoms with Crippen molar-refractivity contribution in [3.05, 3.63) is 35.1 Å². The van der Waals surface area contributed by atoms with Gasteiger partial charge in [-0.15, -0.1) is 0 Å².